The predicted octanol–water partition coefficient (Wildman–Crippen LogP) is 4.41. The van der Waals surface area contributed by atoms with Gasteiger partial charge in [-0.05, 0) is 29.8 Å². The molecule has 2 aromatic carbocycles. The van der Waals surface area contributed by atoms with Gasteiger partial charge in [-0.3, -0.25) is 19.9 Å². The van der Waals surface area contributed by atoms with Crippen molar-refractivity contribution in [3.8, 4) is 0 Å². The standard InChI is InChI=1S/C20H16N2O4S/c23-19(14-27-17-11-9-16(10-12-17)22(24)25)26-20(15-6-2-1-3-7-15)18-8-4-5-13-21-18/h1-13,20H,14H2. The number of non-ortho nitro benzene ring substituents is 1. The minimum absolute atomic E-state index is 0.0150. The Bertz CT molecular complexity index is 863. The van der Waals surface area contributed by atoms with Crippen molar-refractivity contribution in [1.82, 2.24) is 4.98 Å². The van der Waals surface area contributed by atoms with Gasteiger partial charge in [0, 0.05) is 23.2 Å². The zero-order valence-electron chi connectivity index (χ0n) is 14.2. The van der Waals surface area contributed by atoms with Crippen molar-refractivity contribution in [3.05, 3.63) is 100 Å². The highest BCUT2D eigenvalue weighted by atomic mass is 32.2. The van der Waals surface area contributed by atoms with Gasteiger partial charge >= 0.3 is 5.97 Å². The van der Waals surface area contributed by atoms with Gasteiger partial charge in [-0.25, -0.2) is 0 Å². The zero-order valence-corrected chi connectivity index (χ0v) is 15.0. The van der Waals surface area contributed by atoms with E-state index in [-0.39, 0.29) is 11.4 Å². The van der Waals surface area contributed by atoms with Gasteiger partial charge in [-0.1, -0.05) is 36.4 Å². The van der Waals surface area contributed by atoms with Crippen molar-refractivity contribution in [2.45, 2.75) is 11.0 Å². The van der Waals surface area contributed by atoms with Crippen LogP contribution in [0, 0.1) is 10.1 Å². The number of aromatic nitrogens is 1. The molecule has 0 aliphatic rings. The number of hydrogen-bond acceptors (Lipinski definition) is 6. The topological polar surface area (TPSA) is 82.3 Å². The normalized spacial score (nSPS) is 11.6. The quantitative estimate of drug-likeness (QED) is 0.261. The van der Waals surface area contributed by atoms with E-state index in [1.165, 1.54) is 23.9 Å². The van der Waals surface area contributed by atoms with Crippen molar-refractivity contribution >= 4 is 23.4 Å². The average molecular weight is 380 g/mol. The Labute approximate surface area is 160 Å². The highest BCUT2D eigenvalue weighted by Gasteiger charge is 2.20. The monoisotopic (exact) mass is 380 g/mol. The van der Waals surface area contributed by atoms with Gasteiger partial charge in [0.15, 0.2) is 6.10 Å². The number of rotatable bonds is 7. The van der Waals surface area contributed by atoms with Crippen molar-refractivity contribution in [2.24, 2.45) is 0 Å². The molecule has 3 rings (SSSR count). The molecule has 0 amide bonds. The van der Waals surface area contributed by atoms with Crippen LogP contribution in [-0.2, 0) is 9.53 Å². The number of carbonyl (C=O) groups excluding carboxylic acids is 1. The molecule has 27 heavy (non-hydrogen) atoms. The molecule has 6 nitrogen and oxygen atoms in total. The molecule has 0 radical (unpaired) electrons. The highest BCUT2D eigenvalue weighted by molar-refractivity contribution is 8.00. The SMILES string of the molecule is O=C(CSc1ccc([N+](=O)[O-])cc1)OC(c1ccccc1)c1ccccn1. The van der Waals surface area contributed by atoms with E-state index in [2.05, 4.69) is 4.98 Å². The summed E-state index contributed by atoms with van der Waals surface area (Å²) in [5.41, 5.74) is 1.50. The molecule has 3 aromatic rings. The zero-order chi connectivity index (χ0) is 19.1. The first-order valence-corrected chi connectivity index (χ1v) is 9.14. The van der Waals surface area contributed by atoms with Crippen LogP contribution >= 0.6 is 11.8 Å². The van der Waals surface area contributed by atoms with Gasteiger partial charge in [-0.15, -0.1) is 11.8 Å². The number of carbonyl (C=O) groups is 1. The fraction of sp³-hybridized carbons (Fsp3) is 0.100. The Morgan fingerprint density at radius 1 is 1.04 bits per heavy atom. The molecule has 0 fully saturated rings. The molecule has 0 aliphatic carbocycles. The van der Waals surface area contributed by atoms with Gasteiger partial charge in [0.1, 0.15) is 0 Å². The Balaban J connectivity index is 1.67. The van der Waals surface area contributed by atoms with Crippen LogP contribution in [0.4, 0.5) is 5.69 Å². The molecule has 136 valence electrons. The van der Waals surface area contributed by atoms with Crippen LogP contribution in [0.25, 0.3) is 0 Å². The first-order chi connectivity index (χ1) is 13.1. The second-order valence-corrected chi connectivity index (χ2v) is 6.62. The number of ether oxygens (including phenoxy) is 1. The Morgan fingerprint density at radius 3 is 2.37 bits per heavy atom. The Hall–Kier alpha value is -3.19. The van der Waals surface area contributed by atoms with Gasteiger partial charge in [0.2, 0.25) is 0 Å². The fourth-order valence-electron chi connectivity index (χ4n) is 2.43. The lowest BCUT2D eigenvalue weighted by Gasteiger charge is -2.17. The minimum Gasteiger partial charge on any atom is -0.450 e. The van der Waals surface area contributed by atoms with Crippen LogP contribution in [0.2, 0.25) is 0 Å². The summed E-state index contributed by atoms with van der Waals surface area (Å²) in [5, 5.41) is 10.7. The summed E-state index contributed by atoms with van der Waals surface area (Å²) in [6, 6.07) is 20.9. The smallest absolute Gasteiger partial charge is 0.317 e. The van der Waals surface area contributed by atoms with Crippen LogP contribution in [-0.4, -0.2) is 21.6 Å². The third-order valence-corrected chi connectivity index (χ3v) is 4.70. The molecule has 7 heteroatoms. The van der Waals surface area contributed by atoms with Gasteiger partial charge < -0.3 is 4.74 Å². The molecule has 1 heterocycles. The molecule has 0 aliphatic heterocycles. The second kappa shape index (κ2) is 8.95. The van der Waals surface area contributed by atoms with Crippen LogP contribution in [0.1, 0.15) is 17.4 Å². The summed E-state index contributed by atoms with van der Waals surface area (Å²) in [6.07, 6.45) is 1.07. The Morgan fingerprint density at radius 2 is 1.74 bits per heavy atom. The van der Waals surface area contributed by atoms with Crippen molar-refractivity contribution in [3.63, 3.8) is 0 Å². The number of esters is 1. The molecule has 0 N–H and O–H groups in total. The number of benzene rings is 2. The second-order valence-electron chi connectivity index (χ2n) is 5.57. The Kier molecular flexibility index (Phi) is 6.17. The molecule has 0 saturated carbocycles. The number of nitro benzene ring substituents is 1. The first-order valence-electron chi connectivity index (χ1n) is 8.16. The maximum absolute atomic E-state index is 12.4. The van der Waals surface area contributed by atoms with Crippen molar-refractivity contribution in [1.29, 1.82) is 0 Å². The molecule has 0 spiro atoms. The van der Waals surface area contributed by atoms with Crippen LogP contribution in [0.15, 0.2) is 83.9 Å². The maximum Gasteiger partial charge on any atom is 0.317 e. The number of thioether (sulfide) groups is 1. The van der Waals surface area contributed by atoms with Gasteiger partial charge in [0.05, 0.1) is 16.4 Å². The minimum atomic E-state index is -0.586. The van der Waals surface area contributed by atoms with E-state index in [1.807, 2.05) is 42.5 Å². The molecule has 0 saturated heterocycles. The molecular formula is C20H16N2O4S. The van der Waals surface area contributed by atoms with Crippen molar-refractivity contribution < 1.29 is 14.5 Å². The lowest BCUT2D eigenvalue weighted by atomic mass is 10.1. The summed E-state index contributed by atoms with van der Waals surface area (Å²) < 4.78 is 5.68. The largest absolute Gasteiger partial charge is 0.450 e. The van der Waals surface area contributed by atoms with E-state index in [9.17, 15) is 14.9 Å². The maximum atomic E-state index is 12.4. The molecular weight excluding hydrogens is 364 g/mol. The van der Waals surface area contributed by atoms with E-state index in [0.29, 0.717) is 5.69 Å². The average Bonchev–Trinajstić information content (AvgIpc) is 2.72. The van der Waals surface area contributed by atoms with Gasteiger partial charge in [-0.2, -0.15) is 0 Å². The predicted molar refractivity (Wildman–Crippen MR) is 102 cm³/mol. The lowest BCUT2D eigenvalue weighted by molar-refractivity contribution is -0.384. The summed E-state index contributed by atoms with van der Waals surface area (Å²) in [5.74, 6) is -0.300. The molecule has 1 aromatic heterocycles. The van der Waals surface area contributed by atoms with Crippen LogP contribution in [0.5, 0.6) is 0 Å². The van der Waals surface area contributed by atoms with Crippen molar-refractivity contribution in [2.75, 3.05) is 5.75 Å². The third-order valence-electron chi connectivity index (χ3n) is 3.71. The molecule has 1 atom stereocenters. The van der Waals surface area contributed by atoms with Crippen LogP contribution in [0.3, 0.4) is 0 Å². The number of hydrogen-bond donors (Lipinski definition) is 0. The van der Waals surface area contributed by atoms with E-state index >= 15 is 0 Å². The number of nitrogens with zero attached hydrogens (tertiary/aromatic N) is 2. The van der Waals surface area contributed by atoms with E-state index in [1.54, 1.807) is 24.4 Å². The van der Waals surface area contributed by atoms with E-state index in [0.717, 1.165) is 10.5 Å². The number of nitro groups is 1. The molecule has 0 bridgehead atoms. The fourth-order valence-corrected chi connectivity index (χ4v) is 3.11. The molecule has 1 unspecified atom stereocenters. The third kappa shape index (κ3) is 5.15. The summed E-state index contributed by atoms with van der Waals surface area (Å²) in [7, 11) is 0. The van der Waals surface area contributed by atoms with Crippen LogP contribution < -0.4 is 0 Å². The number of pyridine rings is 1. The van der Waals surface area contributed by atoms with E-state index < -0.39 is 17.0 Å². The summed E-state index contributed by atoms with van der Waals surface area (Å²) in [6.45, 7) is 0. The summed E-state index contributed by atoms with van der Waals surface area (Å²) >= 11 is 1.26. The lowest BCUT2D eigenvalue weighted by Crippen LogP contribution is -2.15. The van der Waals surface area contributed by atoms with Gasteiger partial charge in [0.25, 0.3) is 5.69 Å². The highest BCUT2D eigenvalue weighted by Crippen LogP contribution is 2.26. The van der Waals surface area contributed by atoms with E-state index in [4.69, 9.17) is 4.74 Å². The summed E-state index contributed by atoms with van der Waals surface area (Å²) in [4.78, 5) is 27.7. The first kappa shape index (κ1) is 18.6.